The number of benzene rings is 2. The number of anilines is 2. The third kappa shape index (κ3) is 4.11. The van der Waals surface area contributed by atoms with Crippen LogP contribution in [0.5, 0.6) is 5.75 Å². The first-order valence-electron chi connectivity index (χ1n) is 7.98. The summed E-state index contributed by atoms with van der Waals surface area (Å²) in [5.41, 5.74) is 1.29. The van der Waals surface area contributed by atoms with Gasteiger partial charge in [-0.1, -0.05) is 18.2 Å². The van der Waals surface area contributed by atoms with Crippen molar-refractivity contribution in [1.82, 2.24) is 0 Å². The highest BCUT2D eigenvalue weighted by atomic mass is 32.2. The van der Waals surface area contributed by atoms with E-state index in [1.165, 1.54) is 4.90 Å². The molecule has 2 aromatic rings. The highest BCUT2D eigenvalue weighted by Gasteiger charge is 2.35. The summed E-state index contributed by atoms with van der Waals surface area (Å²) in [7, 11) is -1.55. The number of carbonyl (C=O) groups is 1. The number of methoxy groups -OCH3 is 1. The minimum absolute atomic E-state index is 0.0265. The first-order chi connectivity index (χ1) is 12.0. The van der Waals surface area contributed by atoms with Crippen LogP contribution in [0.25, 0.3) is 0 Å². The van der Waals surface area contributed by atoms with Crippen molar-refractivity contribution in [2.45, 2.75) is 12.5 Å². The molecule has 7 heteroatoms. The minimum atomic E-state index is -3.11. The zero-order valence-electron chi connectivity index (χ0n) is 13.9. The Morgan fingerprint density at radius 3 is 2.36 bits per heavy atom. The molecular weight excluding hydrogens is 340 g/mol. The Morgan fingerprint density at radius 2 is 1.80 bits per heavy atom. The maximum absolute atomic E-state index is 12.9. The summed E-state index contributed by atoms with van der Waals surface area (Å²) in [5.74, 6) is 0.746. The topological polar surface area (TPSA) is 75.7 Å². The van der Waals surface area contributed by atoms with E-state index in [1.54, 1.807) is 43.5 Å². The van der Waals surface area contributed by atoms with E-state index in [1.807, 2.05) is 18.2 Å². The summed E-state index contributed by atoms with van der Waals surface area (Å²) in [4.78, 5) is 14.4. The summed E-state index contributed by atoms with van der Waals surface area (Å²) < 4.78 is 28.9. The fourth-order valence-corrected chi connectivity index (χ4v) is 4.62. The van der Waals surface area contributed by atoms with Crippen LogP contribution < -0.4 is 15.0 Å². The van der Waals surface area contributed by atoms with Crippen LogP contribution in [0, 0.1) is 0 Å². The summed E-state index contributed by atoms with van der Waals surface area (Å²) in [5, 5.41) is 2.83. The van der Waals surface area contributed by atoms with Gasteiger partial charge >= 0.3 is 6.03 Å². The van der Waals surface area contributed by atoms with Crippen molar-refractivity contribution >= 4 is 27.2 Å². The van der Waals surface area contributed by atoms with Crippen LogP contribution in [0.1, 0.15) is 6.42 Å². The molecule has 0 bridgehead atoms. The van der Waals surface area contributed by atoms with Crippen LogP contribution >= 0.6 is 0 Å². The van der Waals surface area contributed by atoms with Gasteiger partial charge in [-0.15, -0.1) is 0 Å². The molecule has 1 unspecified atom stereocenters. The number of rotatable bonds is 4. The van der Waals surface area contributed by atoms with E-state index >= 15 is 0 Å². The second-order valence-electron chi connectivity index (χ2n) is 5.92. The Labute approximate surface area is 147 Å². The lowest BCUT2D eigenvalue weighted by Gasteiger charge is -2.28. The quantitative estimate of drug-likeness (QED) is 0.910. The van der Waals surface area contributed by atoms with Gasteiger partial charge in [0.2, 0.25) is 0 Å². The van der Waals surface area contributed by atoms with Crippen molar-refractivity contribution in [2.24, 2.45) is 0 Å². The molecule has 2 aromatic carbocycles. The van der Waals surface area contributed by atoms with Crippen molar-refractivity contribution in [3.63, 3.8) is 0 Å². The third-order valence-electron chi connectivity index (χ3n) is 4.17. The van der Waals surface area contributed by atoms with Crippen molar-refractivity contribution in [1.29, 1.82) is 0 Å². The molecule has 0 saturated carbocycles. The number of nitrogens with one attached hydrogen (secondary N) is 1. The van der Waals surface area contributed by atoms with Gasteiger partial charge in [-0.3, -0.25) is 4.90 Å². The molecule has 2 amide bonds. The van der Waals surface area contributed by atoms with E-state index in [0.717, 1.165) is 0 Å². The molecule has 1 atom stereocenters. The summed E-state index contributed by atoms with van der Waals surface area (Å²) >= 11 is 0. The molecule has 132 valence electrons. The maximum Gasteiger partial charge on any atom is 0.326 e. The monoisotopic (exact) mass is 360 g/mol. The number of hydrogen-bond acceptors (Lipinski definition) is 4. The van der Waals surface area contributed by atoms with Crippen molar-refractivity contribution in [2.75, 3.05) is 28.8 Å². The SMILES string of the molecule is COc1ccc(N(C(=O)Nc2ccccc2)C2CCS(=O)(=O)C2)cc1. The largest absolute Gasteiger partial charge is 0.497 e. The van der Waals surface area contributed by atoms with Gasteiger partial charge < -0.3 is 10.1 Å². The molecular formula is C18H20N2O4S. The fourth-order valence-electron chi connectivity index (χ4n) is 2.92. The van der Waals surface area contributed by atoms with Crippen LogP contribution in [-0.4, -0.2) is 39.1 Å². The van der Waals surface area contributed by atoms with Crippen LogP contribution in [-0.2, 0) is 9.84 Å². The van der Waals surface area contributed by atoms with Gasteiger partial charge in [0, 0.05) is 11.4 Å². The van der Waals surface area contributed by atoms with Crippen LogP contribution in [0.4, 0.5) is 16.2 Å². The average molecular weight is 360 g/mol. The normalized spacial score (nSPS) is 18.5. The second-order valence-corrected chi connectivity index (χ2v) is 8.15. The maximum atomic E-state index is 12.9. The van der Waals surface area contributed by atoms with Crippen molar-refractivity contribution in [3.8, 4) is 5.75 Å². The molecule has 1 fully saturated rings. The summed E-state index contributed by atoms with van der Waals surface area (Å²) in [6.07, 6.45) is 0.427. The number of urea groups is 1. The molecule has 25 heavy (non-hydrogen) atoms. The number of nitrogens with zero attached hydrogens (tertiary/aromatic N) is 1. The molecule has 0 radical (unpaired) electrons. The number of amides is 2. The predicted molar refractivity (Wildman–Crippen MR) is 98.0 cm³/mol. The average Bonchev–Trinajstić information content (AvgIpc) is 2.96. The molecule has 6 nitrogen and oxygen atoms in total. The molecule has 0 spiro atoms. The number of para-hydroxylation sites is 1. The highest BCUT2D eigenvalue weighted by molar-refractivity contribution is 7.91. The Balaban J connectivity index is 1.89. The Kier molecular flexibility index (Phi) is 4.94. The zero-order valence-corrected chi connectivity index (χ0v) is 14.7. The Bertz CT molecular complexity index is 835. The lowest BCUT2D eigenvalue weighted by molar-refractivity contribution is 0.255. The fraction of sp³-hybridized carbons (Fsp3) is 0.278. The van der Waals surface area contributed by atoms with Gasteiger partial charge in [-0.2, -0.15) is 0 Å². The molecule has 0 aliphatic carbocycles. The number of ether oxygens (including phenoxy) is 1. The van der Waals surface area contributed by atoms with E-state index in [2.05, 4.69) is 5.32 Å². The van der Waals surface area contributed by atoms with Gasteiger partial charge in [-0.25, -0.2) is 13.2 Å². The molecule has 3 rings (SSSR count). The second kappa shape index (κ2) is 7.14. The number of sulfone groups is 1. The van der Waals surface area contributed by atoms with E-state index in [4.69, 9.17) is 4.74 Å². The first-order valence-corrected chi connectivity index (χ1v) is 9.80. The predicted octanol–water partition coefficient (Wildman–Crippen LogP) is 2.92. The highest BCUT2D eigenvalue weighted by Crippen LogP contribution is 2.27. The number of carbonyl (C=O) groups excluding carboxylic acids is 1. The smallest absolute Gasteiger partial charge is 0.326 e. The molecule has 1 heterocycles. The Hall–Kier alpha value is -2.54. The van der Waals surface area contributed by atoms with E-state index < -0.39 is 9.84 Å². The lowest BCUT2D eigenvalue weighted by atomic mass is 10.2. The van der Waals surface area contributed by atoms with E-state index in [0.29, 0.717) is 23.5 Å². The van der Waals surface area contributed by atoms with Crippen LogP contribution in [0.3, 0.4) is 0 Å². The third-order valence-corrected chi connectivity index (χ3v) is 5.92. The minimum Gasteiger partial charge on any atom is -0.497 e. The molecule has 1 aliphatic rings. The van der Waals surface area contributed by atoms with Gasteiger partial charge in [0.25, 0.3) is 0 Å². The molecule has 1 aliphatic heterocycles. The lowest BCUT2D eigenvalue weighted by Crippen LogP contribution is -2.44. The zero-order chi connectivity index (χ0) is 17.9. The molecule has 1 N–H and O–H groups in total. The van der Waals surface area contributed by atoms with Crippen LogP contribution in [0.2, 0.25) is 0 Å². The summed E-state index contributed by atoms with van der Waals surface area (Å²) in [6, 6.07) is 15.4. The standard InChI is InChI=1S/C18H20N2O4S/c1-24-17-9-7-15(8-10-17)20(16-11-12-25(22,23)13-16)18(21)19-14-5-3-2-4-6-14/h2-10,16H,11-13H2,1H3,(H,19,21). The van der Waals surface area contributed by atoms with Crippen molar-refractivity contribution in [3.05, 3.63) is 54.6 Å². The van der Waals surface area contributed by atoms with Crippen molar-refractivity contribution < 1.29 is 17.9 Å². The van der Waals surface area contributed by atoms with E-state index in [9.17, 15) is 13.2 Å². The Morgan fingerprint density at radius 1 is 1.12 bits per heavy atom. The number of hydrogen-bond donors (Lipinski definition) is 1. The summed E-state index contributed by atoms with van der Waals surface area (Å²) in [6.45, 7) is 0. The van der Waals surface area contributed by atoms with Gasteiger partial charge in [0.1, 0.15) is 5.75 Å². The van der Waals surface area contributed by atoms with Gasteiger partial charge in [0.05, 0.1) is 24.7 Å². The molecule has 0 aromatic heterocycles. The van der Waals surface area contributed by atoms with Crippen LogP contribution in [0.15, 0.2) is 54.6 Å². The molecule has 1 saturated heterocycles. The first kappa shape index (κ1) is 17.3. The van der Waals surface area contributed by atoms with Gasteiger partial charge in [0.15, 0.2) is 9.84 Å². The van der Waals surface area contributed by atoms with E-state index in [-0.39, 0.29) is 23.6 Å². The van der Waals surface area contributed by atoms with Gasteiger partial charge in [-0.05, 0) is 42.8 Å².